The minimum absolute atomic E-state index is 0.450. The maximum atomic E-state index is 10.2. The van der Waals surface area contributed by atoms with Crippen LogP contribution in [0.5, 0.6) is 0 Å². The fraction of sp³-hybridized carbons (Fsp3) is 0.400. The Balaban J connectivity index is 2.07. The summed E-state index contributed by atoms with van der Waals surface area (Å²) in [6, 6.07) is 8.20. The summed E-state index contributed by atoms with van der Waals surface area (Å²) in [5, 5.41) is 15.1. The first-order valence-electron chi connectivity index (χ1n) is 6.39. The predicted molar refractivity (Wildman–Crippen MR) is 77.5 cm³/mol. The Hall–Kier alpha value is -1.32. The van der Waals surface area contributed by atoms with Crippen LogP contribution >= 0.6 is 11.6 Å². The Kier molecular flexibility index (Phi) is 4.27. The van der Waals surface area contributed by atoms with Crippen molar-refractivity contribution >= 4 is 11.6 Å². The fourth-order valence-corrected chi connectivity index (χ4v) is 2.55. The average Bonchev–Trinajstić information content (AvgIpc) is 2.56. The van der Waals surface area contributed by atoms with Crippen molar-refractivity contribution in [2.45, 2.75) is 32.8 Å². The third kappa shape index (κ3) is 3.37. The second-order valence-electron chi connectivity index (χ2n) is 5.02. The lowest BCUT2D eigenvalue weighted by Crippen LogP contribution is -2.16. The highest BCUT2D eigenvalue weighted by Crippen LogP contribution is 2.21. The molecule has 0 aliphatic carbocycles. The molecule has 0 spiro atoms. The zero-order valence-electron chi connectivity index (χ0n) is 11.5. The van der Waals surface area contributed by atoms with E-state index in [1.807, 2.05) is 26.1 Å². The minimum Gasteiger partial charge on any atom is -0.392 e. The van der Waals surface area contributed by atoms with Gasteiger partial charge in [-0.25, -0.2) is 0 Å². The second kappa shape index (κ2) is 5.76. The SMILES string of the molecule is Cc1cccc(CC(O)Cc2c(Cl)c(C)nn2C)c1. The molecule has 0 bridgehead atoms. The van der Waals surface area contributed by atoms with Crippen LogP contribution in [0, 0.1) is 13.8 Å². The number of halogens is 1. The number of aliphatic hydroxyl groups is 1. The van der Waals surface area contributed by atoms with Gasteiger partial charge in [0.2, 0.25) is 0 Å². The van der Waals surface area contributed by atoms with Gasteiger partial charge in [0, 0.05) is 13.5 Å². The fourth-order valence-electron chi connectivity index (χ4n) is 2.31. The van der Waals surface area contributed by atoms with E-state index < -0.39 is 6.10 Å². The third-order valence-electron chi connectivity index (χ3n) is 3.24. The van der Waals surface area contributed by atoms with E-state index in [4.69, 9.17) is 11.6 Å². The molecular weight excluding hydrogens is 260 g/mol. The molecule has 4 heteroatoms. The van der Waals surface area contributed by atoms with Crippen LogP contribution in [-0.2, 0) is 19.9 Å². The number of rotatable bonds is 4. The number of hydrogen-bond acceptors (Lipinski definition) is 2. The first-order chi connectivity index (χ1) is 8.97. The molecule has 1 atom stereocenters. The summed E-state index contributed by atoms with van der Waals surface area (Å²) >= 11 is 6.19. The van der Waals surface area contributed by atoms with E-state index in [1.54, 1.807) is 4.68 Å². The molecule has 1 heterocycles. The molecule has 1 unspecified atom stereocenters. The van der Waals surface area contributed by atoms with Crippen LogP contribution in [0.15, 0.2) is 24.3 Å². The number of aliphatic hydroxyl groups excluding tert-OH is 1. The van der Waals surface area contributed by atoms with Crippen molar-refractivity contribution in [1.82, 2.24) is 9.78 Å². The summed E-state index contributed by atoms with van der Waals surface area (Å²) in [6.45, 7) is 3.93. The highest BCUT2D eigenvalue weighted by atomic mass is 35.5. The van der Waals surface area contributed by atoms with Gasteiger partial charge in [0.1, 0.15) is 0 Å². The molecule has 1 aromatic heterocycles. The van der Waals surface area contributed by atoms with E-state index in [2.05, 4.69) is 24.2 Å². The quantitative estimate of drug-likeness (QED) is 0.934. The summed E-state index contributed by atoms with van der Waals surface area (Å²) in [5.74, 6) is 0. The lowest BCUT2D eigenvalue weighted by atomic mass is 10.0. The van der Waals surface area contributed by atoms with Gasteiger partial charge in [0.25, 0.3) is 0 Å². The Morgan fingerprint density at radius 1 is 1.32 bits per heavy atom. The first-order valence-corrected chi connectivity index (χ1v) is 6.76. The number of aromatic nitrogens is 2. The molecule has 102 valence electrons. The van der Waals surface area contributed by atoms with Gasteiger partial charge in [-0.15, -0.1) is 0 Å². The minimum atomic E-state index is -0.450. The van der Waals surface area contributed by atoms with E-state index in [1.165, 1.54) is 5.56 Å². The van der Waals surface area contributed by atoms with Gasteiger partial charge in [0.05, 0.1) is 22.5 Å². The summed E-state index contributed by atoms with van der Waals surface area (Å²) in [7, 11) is 1.85. The zero-order valence-corrected chi connectivity index (χ0v) is 12.3. The first kappa shape index (κ1) is 14.1. The van der Waals surface area contributed by atoms with Crippen molar-refractivity contribution < 1.29 is 5.11 Å². The van der Waals surface area contributed by atoms with E-state index in [-0.39, 0.29) is 0 Å². The molecule has 0 radical (unpaired) electrons. The maximum absolute atomic E-state index is 10.2. The molecule has 0 aliphatic rings. The van der Waals surface area contributed by atoms with Crippen molar-refractivity contribution in [3.05, 3.63) is 51.8 Å². The molecule has 0 fully saturated rings. The molecule has 3 nitrogen and oxygen atoms in total. The molecule has 2 aromatic rings. The Morgan fingerprint density at radius 3 is 2.63 bits per heavy atom. The summed E-state index contributed by atoms with van der Waals surface area (Å²) in [4.78, 5) is 0. The van der Waals surface area contributed by atoms with Gasteiger partial charge < -0.3 is 5.11 Å². The van der Waals surface area contributed by atoms with Gasteiger partial charge in [0.15, 0.2) is 0 Å². The van der Waals surface area contributed by atoms with Gasteiger partial charge in [-0.05, 0) is 25.8 Å². The number of hydrogen-bond donors (Lipinski definition) is 1. The third-order valence-corrected chi connectivity index (χ3v) is 3.74. The van der Waals surface area contributed by atoms with Gasteiger partial charge >= 0.3 is 0 Å². The van der Waals surface area contributed by atoms with Crippen molar-refractivity contribution in [2.24, 2.45) is 7.05 Å². The van der Waals surface area contributed by atoms with Crippen molar-refractivity contribution in [1.29, 1.82) is 0 Å². The van der Waals surface area contributed by atoms with Crippen LogP contribution in [0.1, 0.15) is 22.5 Å². The lowest BCUT2D eigenvalue weighted by molar-refractivity contribution is 0.173. The monoisotopic (exact) mass is 278 g/mol. The highest BCUT2D eigenvalue weighted by Gasteiger charge is 2.15. The van der Waals surface area contributed by atoms with Gasteiger partial charge in [-0.3, -0.25) is 4.68 Å². The average molecular weight is 279 g/mol. The normalized spacial score (nSPS) is 12.7. The van der Waals surface area contributed by atoms with Crippen LogP contribution < -0.4 is 0 Å². The van der Waals surface area contributed by atoms with E-state index in [9.17, 15) is 5.11 Å². The number of benzene rings is 1. The lowest BCUT2D eigenvalue weighted by Gasteiger charge is -2.11. The van der Waals surface area contributed by atoms with Crippen LogP contribution in [0.4, 0.5) is 0 Å². The van der Waals surface area contributed by atoms with Gasteiger partial charge in [-0.1, -0.05) is 41.4 Å². The Morgan fingerprint density at radius 2 is 2.05 bits per heavy atom. The number of nitrogens with zero attached hydrogens (tertiary/aromatic N) is 2. The van der Waals surface area contributed by atoms with Crippen molar-refractivity contribution in [3.8, 4) is 0 Å². The van der Waals surface area contributed by atoms with E-state index in [0.29, 0.717) is 17.9 Å². The Bertz CT molecular complexity index is 578. The molecule has 1 aromatic carbocycles. The molecular formula is C15H19ClN2O. The Labute approximate surface area is 118 Å². The molecule has 0 amide bonds. The van der Waals surface area contributed by atoms with Crippen LogP contribution in [0.25, 0.3) is 0 Å². The maximum Gasteiger partial charge on any atom is 0.0847 e. The standard InChI is InChI=1S/C15H19ClN2O/c1-10-5-4-6-12(7-10)8-13(19)9-14-15(16)11(2)17-18(14)3/h4-7,13,19H,8-9H2,1-3H3. The van der Waals surface area contributed by atoms with Crippen LogP contribution in [0.2, 0.25) is 5.02 Å². The molecule has 0 aliphatic heterocycles. The highest BCUT2D eigenvalue weighted by molar-refractivity contribution is 6.31. The summed E-state index contributed by atoms with van der Waals surface area (Å²) in [6.07, 6.45) is 0.695. The van der Waals surface area contributed by atoms with Gasteiger partial charge in [-0.2, -0.15) is 5.10 Å². The van der Waals surface area contributed by atoms with E-state index >= 15 is 0 Å². The molecule has 19 heavy (non-hydrogen) atoms. The number of aryl methyl sites for hydroxylation is 3. The molecule has 2 rings (SSSR count). The predicted octanol–water partition coefficient (Wildman–Crippen LogP) is 2.84. The zero-order chi connectivity index (χ0) is 14.0. The molecule has 1 N–H and O–H groups in total. The van der Waals surface area contributed by atoms with Crippen molar-refractivity contribution in [2.75, 3.05) is 0 Å². The molecule has 0 saturated heterocycles. The smallest absolute Gasteiger partial charge is 0.0847 e. The topological polar surface area (TPSA) is 38.1 Å². The van der Waals surface area contributed by atoms with Crippen LogP contribution in [0.3, 0.4) is 0 Å². The largest absolute Gasteiger partial charge is 0.392 e. The summed E-state index contributed by atoms with van der Waals surface area (Å²) < 4.78 is 1.75. The van der Waals surface area contributed by atoms with E-state index in [0.717, 1.165) is 17.0 Å². The second-order valence-corrected chi connectivity index (χ2v) is 5.40. The molecule has 0 saturated carbocycles. The van der Waals surface area contributed by atoms with Crippen LogP contribution in [-0.4, -0.2) is 21.0 Å². The summed E-state index contributed by atoms with van der Waals surface area (Å²) in [5.41, 5.74) is 4.04. The van der Waals surface area contributed by atoms with Crippen molar-refractivity contribution in [3.63, 3.8) is 0 Å².